The van der Waals surface area contributed by atoms with E-state index in [-0.39, 0.29) is 32.1 Å². The molecule has 3 aromatic carbocycles. The number of para-hydroxylation sites is 1. The van der Waals surface area contributed by atoms with Crippen LogP contribution in [0, 0.1) is 0 Å². The molecule has 2 amide bonds. The Morgan fingerprint density at radius 1 is 0.806 bits per heavy atom. The van der Waals surface area contributed by atoms with E-state index >= 15 is 0 Å². The fourth-order valence-electron chi connectivity index (χ4n) is 2.62. The van der Waals surface area contributed by atoms with Crippen LogP contribution in [0.5, 0.6) is 0 Å². The Kier molecular flexibility index (Phi) is 6.84. The van der Waals surface area contributed by atoms with Crippen molar-refractivity contribution in [1.82, 2.24) is 0 Å². The summed E-state index contributed by atoms with van der Waals surface area (Å²) in [6.07, 6.45) is 0. The first kappa shape index (κ1) is 22.6. The van der Waals surface area contributed by atoms with Crippen molar-refractivity contribution in [3.8, 4) is 0 Å². The second kappa shape index (κ2) is 9.38. The van der Waals surface area contributed by atoms with Crippen molar-refractivity contribution in [1.29, 1.82) is 0 Å². The summed E-state index contributed by atoms with van der Waals surface area (Å²) in [6, 6.07) is 16.5. The number of halogens is 2. The van der Waals surface area contributed by atoms with Crippen LogP contribution in [0.4, 0.5) is 17.1 Å². The van der Waals surface area contributed by atoms with Crippen LogP contribution in [0.2, 0.25) is 10.0 Å². The molecule has 0 heterocycles. The second-order valence-corrected chi connectivity index (χ2v) is 8.94. The van der Waals surface area contributed by atoms with Crippen LogP contribution in [0.25, 0.3) is 0 Å². The zero-order chi connectivity index (χ0) is 22.6. The standard InChI is InChI=1S/C21H17Cl2N3O4S/c1-13(27)24-19-11-8-15(12-18(19)23)25-21(28)14-6-9-16(10-7-14)31(29,30)26-20-5-3-2-4-17(20)22/h2-12,26H,1H3,(H,24,27)(H,25,28). The van der Waals surface area contributed by atoms with Gasteiger partial charge in [0.25, 0.3) is 15.9 Å². The molecule has 0 saturated heterocycles. The van der Waals surface area contributed by atoms with Gasteiger partial charge in [-0.1, -0.05) is 35.3 Å². The molecule has 0 saturated carbocycles. The third-order valence-corrected chi connectivity index (χ3v) is 6.11. The van der Waals surface area contributed by atoms with E-state index in [9.17, 15) is 18.0 Å². The molecule has 0 fully saturated rings. The van der Waals surface area contributed by atoms with Crippen LogP contribution in [0.3, 0.4) is 0 Å². The molecule has 3 N–H and O–H groups in total. The number of amides is 2. The van der Waals surface area contributed by atoms with Gasteiger partial charge in [0, 0.05) is 18.2 Å². The molecule has 0 spiro atoms. The van der Waals surface area contributed by atoms with Gasteiger partial charge in [-0.25, -0.2) is 8.42 Å². The zero-order valence-corrected chi connectivity index (χ0v) is 18.5. The first-order valence-electron chi connectivity index (χ1n) is 8.91. The van der Waals surface area contributed by atoms with Crippen LogP contribution < -0.4 is 15.4 Å². The third-order valence-electron chi connectivity index (χ3n) is 4.08. The van der Waals surface area contributed by atoms with Crippen LogP contribution in [0.1, 0.15) is 17.3 Å². The number of sulfonamides is 1. The Bertz CT molecular complexity index is 1250. The normalized spacial score (nSPS) is 10.9. The molecular weight excluding hydrogens is 461 g/mol. The molecule has 0 aromatic heterocycles. The van der Waals surface area contributed by atoms with Gasteiger partial charge in [0.1, 0.15) is 0 Å². The van der Waals surface area contributed by atoms with E-state index in [1.54, 1.807) is 36.4 Å². The summed E-state index contributed by atoms with van der Waals surface area (Å²) < 4.78 is 27.5. The zero-order valence-electron chi connectivity index (χ0n) is 16.1. The van der Waals surface area contributed by atoms with Crippen molar-refractivity contribution in [2.24, 2.45) is 0 Å². The van der Waals surface area contributed by atoms with Crippen LogP contribution in [0.15, 0.2) is 71.6 Å². The smallest absolute Gasteiger partial charge is 0.261 e. The monoisotopic (exact) mass is 477 g/mol. The van der Waals surface area contributed by atoms with Gasteiger partial charge in [0.2, 0.25) is 5.91 Å². The maximum atomic E-state index is 12.6. The van der Waals surface area contributed by atoms with Crippen LogP contribution in [-0.4, -0.2) is 20.2 Å². The van der Waals surface area contributed by atoms with Gasteiger partial charge in [-0.15, -0.1) is 0 Å². The number of anilines is 3. The van der Waals surface area contributed by atoms with E-state index in [1.165, 1.54) is 37.3 Å². The fourth-order valence-corrected chi connectivity index (χ4v) is 4.17. The van der Waals surface area contributed by atoms with Crippen molar-refractivity contribution >= 4 is 62.1 Å². The summed E-state index contributed by atoms with van der Waals surface area (Å²) >= 11 is 12.1. The second-order valence-electron chi connectivity index (χ2n) is 6.44. The van der Waals surface area contributed by atoms with Gasteiger partial charge < -0.3 is 10.6 Å². The van der Waals surface area contributed by atoms with E-state index in [0.29, 0.717) is 11.4 Å². The van der Waals surface area contributed by atoms with Gasteiger partial charge in [0.05, 0.1) is 26.3 Å². The molecule has 0 bridgehead atoms. The highest BCUT2D eigenvalue weighted by atomic mass is 35.5. The van der Waals surface area contributed by atoms with E-state index < -0.39 is 15.9 Å². The van der Waals surface area contributed by atoms with Crippen molar-refractivity contribution in [3.63, 3.8) is 0 Å². The maximum absolute atomic E-state index is 12.6. The molecule has 0 aliphatic carbocycles. The molecule has 0 aliphatic rings. The highest BCUT2D eigenvalue weighted by Crippen LogP contribution is 2.26. The quantitative estimate of drug-likeness (QED) is 0.464. The molecule has 0 unspecified atom stereocenters. The molecule has 0 radical (unpaired) electrons. The van der Waals surface area contributed by atoms with Crippen molar-refractivity contribution in [2.45, 2.75) is 11.8 Å². The molecule has 10 heteroatoms. The van der Waals surface area contributed by atoms with Gasteiger partial charge in [-0.3, -0.25) is 14.3 Å². The summed E-state index contributed by atoms with van der Waals surface area (Å²) in [7, 11) is -3.88. The Hall–Kier alpha value is -3.07. The Morgan fingerprint density at radius 2 is 1.48 bits per heavy atom. The molecule has 0 atom stereocenters. The highest BCUT2D eigenvalue weighted by molar-refractivity contribution is 7.92. The highest BCUT2D eigenvalue weighted by Gasteiger charge is 2.17. The molecule has 31 heavy (non-hydrogen) atoms. The Labute approximate surface area is 189 Å². The van der Waals surface area contributed by atoms with E-state index in [2.05, 4.69) is 15.4 Å². The minimum absolute atomic E-state index is 0.0216. The van der Waals surface area contributed by atoms with Gasteiger partial charge >= 0.3 is 0 Å². The summed E-state index contributed by atoms with van der Waals surface area (Å²) in [5.41, 5.74) is 1.35. The van der Waals surface area contributed by atoms with E-state index in [0.717, 1.165) is 0 Å². The summed E-state index contributed by atoms with van der Waals surface area (Å²) in [5.74, 6) is -0.718. The number of rotatable bonds is 6. The lowest BCUT2D eigenvalue weighted by Gasteiger charge is -2.11. The number of nitrogens with one attached hydrogen (secondary N) is 3. The lowest BCUT2D eigenvalue weighted by atomic mass is 10.2. The Morgan fingerprint density at radius 3 is 2.10 bits per heavy atom. The lowest BCUT2D eigenvalue weighted by molar-refractivity contribution is -0.114. The fraction of sp³-hybridized carbons (Fsp3) is 0.0476. The minimum atomic E-state index is -3.88. The van der Waals surface area contributed by atoms with E-state index in [4.69, 9.17) is 23.2 Å². The summed E-state index contributed by atoms with van der Waals surface area (Å²) in [5, 5.41) is 5.77. The molecular formula is C21H17Cl2N3O4S. The lowest BCUT2D eigenvalue weighted by Crippen LogP contribution is -2.15. The van der Waals surface area contributed by atoms with Gasteiger partial charge in [0.15, 0.2) is 0 Å². The average molecular weight is 478 g/mol. The summed E-state index contributed by atoms with van der Waals surface area (Å²) in [6.45, 7) is 1.36. The largest absolute Gasteiger partial charge is 0.325 e. The van der Waals surface area contributed by atoms with Crippen molar-refractivity contribution < 1.29 is 18.0 Å². The molecule has 0 aliphatic heterocycles. The van der Waals surface area contributed by atoms with Crippen molar-refractivity contribution in [2.75, 3.05) is 15.4 Å². The van der Waals surface area contributed by atoms with Gasteiger partial charge in [-0.2, -0.15) is 0 Å². The van der Waals surface area contributed by atoms with E-state index in [1.807, 2.05) is 0 Å². The topological polar surface area (TPSA) is 104 Å². The van der Waals surface area contributed by atoms with Crippen LogP contribution in [-0.2, 0) is 14.8 Å². The van der Waals surface area contributed by atoms with Gasteiger partial charge in [-0.05, 0) is 54.6 Å². The summed E-state index contributed by atoms with van der Waals surface area (Å²) in [4.78, 5) is 23.6. The first-order chi connectivity index (χ1) is 14.7. The molecule has 3 rings (SSSR count). The number of carbonyl (C=O) groups is 2. The number of hydrogen-bond donors (Lipinski definition) is 3. The number of hydrogen-bond acceptors (Lipinski definition) is 4. The first-order valence-corrected chi connectivity index (χ1v) is 11.2. The average Bonchev–Trinajstić information content (AvgIpc) is 2.71. The minimum Gasteiger partial charge on any atom is -0.325 e. The molecule has 7 nitrogen and oxygen atoms in total. The molecule has 160 valence electrons. The SMILES string of the molecule is CC(=O)Nc1ccc(NC(=O)c2ccc(S(=O)(=O)Nc3ccccc3Cl)cc2)cc1Cl. The predicted molar refractivity (Wildman–Crippen MR) is 122 cm³/mol. The van der Waals surface area contributed by atoms with Crippen LogP contribution >= 0.6 is 23.2 Å². The Balaban J connectivity index is 1.72. The number of carbonyl (C=O) groups excluding carboxylic acids is 2. The van der Waals surface area contributed by atoms with Crippen molar-refractivity contribution in [3.05, 3.63) is 82.3 Å². The third kappa shape index (κ3) is 5.75. The predicted octanol–water partition coefficient (Wildman–Crippen LogP) is 5.00. The maximum Gasteiger partial charge on any atom is 0.261 e. The number of benzene rings is 3. The molecule has 3 aromatic rings.